The Labute approximate surface area is 175 Å². The van der Waals surface area contributed by atoms with Gasteiger partial charge in [0, 0.05) is 17.0 Å². The number of fused-ring (bicyclic) bond motifs is 5. The van der Waals surface area contributed by atoms with Crippen molar-refractivity contribution < 1.29 is 17.9 Å². The predicted molar refractivity (Wildman–Crippen MR) is 115 cm³/mol. The monoisotopic (exact) mass is 421 g/mol. The molecule has 0 radical (unpaired) electrons. The normalized spacial score (nSPS) is 37.0. The summed E-state index contributed by atoms with van der Waals surface area (Å²) in [7, 11) is -0.451. The molecule has 29 heavy (non-hydrogen) atoms. The van der Waals surface area contributed by atoms with E-state index in [9.17, 15) is 8.42 Å². The Kier molecular flexibility index (Phi) is 4.51. The standard InChI is InChI=1S/C23H35NO4S/c1-21(2)9-7-10-22(3)16(21)8-11-23(4)17(22)13-29(25,26)20-18(23)14(27-5)12-15(28-6)19(20)24/h12,16-17H,7-11,13,24H2,1-6H3. The van der Waals surface area contributed by atoms with Crippen molar-refractivity contribution in [2.45, 2.75) is 70.1 Å². The van der Waals surface area contributed by atoms with Gasteiger partial charge < -0.3 is 15.2 Å². The van der Waals surface area contributed by atoms with Gasteiger partial charge in [-0.3, -0.25) is 0 Å². The maximum Gasteiger partial charge on any atom is 0.181 e. The first-order chi connectivity index (χ1) is 13.4. The second-order valence-corrected chi connectivity index (χ2v) is 12.6. The number of methoxy groups -OCH3 is 2. The SMILES string of the molecule is COc1cc(OC)c2c(c1N)S(=O)(=O)CC1C2(C)CCC2C(C)(C)CCCC21C. The van der Waals surface area contributed by atoms with Crippen LogP contribution >= 0.6 is 0 Å². The Morgan fingerprint density at radius 2 is 1.66 bits per heavy atom. The number of sulfone groups is 1. The fraction of sp³-hybridized carbons (Fsp3) is 0.739. The van der Waals surface area contributed by atoms with Crippen LogP contribution in [0, 0.1) is 22.7 Å². The lowest BCUT2D eigenvalue weighted by Crippen LogP contribution is -2.60. The average Bonchev–Trinajstić information content (AvgIpc) is 2.63. The molecule has 2 saturated carbocycles. The molecule has 6 heteroatoms. The summed E-state index contributed by atoms with van der Waals surface area (Å²) < 4.78 is 38.3. The molecule has 1 aromatic rings. The first-order valence-corrected chi connectivity index (χ1v) is 12.4. The number of nitrogen functional groups attached to an aromatic ring is 1. The number of anilines is 1. The molecule has 162 valence electrons. The molecular weight excluding hydrogens is 386 g/mol. The van der Waals surface area contributed by atoms with Crippen molar-refractivity contribution in [3.8, 4) is 11.5 Å². The molecule has 2 fully saturated rings. The van der Waals surface area contributed by atoms with Crippen molar-refractivity contribution in [2.75, 3.05) is 25.7 Å². The Morgan fingerprint density at radius 3 is 2.28 bits per heavy atom. The molecule has 1 heterocycles. The van der Waals surface area contributed by atoms with Gasteiger partial charge in [0.05, 0.1) is 25.7 Å². The summed E-state index contributed by atoms with van der Waals surface area (Å²) in [6, 6.07) is 1.76. The summed E-state index contributed by atoms with van der Waals surface area (Å²) in [5, 5.41) is 0. The van der Waals surface area contributed by atoms with Crippen LogP contribution in [0.4, 0.5) is 5.69 Å². The van der Waals surface area contributed by atoms with Gasteiger partial charge in [0.1, 0.15) is 16.4 Å². The highest BCUT2D eigenvalue weighted by molar-refractivity contribution is 7.91. The molecule has 4 atom stereocenters. The second kappa shape index (κ2) is 6.29. The number of nitrogens with two attached hydrogens (primary N) is 1. The topological polar surface area (TPSA) is 78.6 Å². The lowest BCUT2D eigenvalue weighted by molar-refractivity contribution is -0.0984. The molecule has 3 aliphatic rings. The van der Waals surface area contributed by atoms with Crippen LogP contribution in [0.15, 0.2) is 11.0 Å². The smallest absolute Gasteiger partial charge is 0.181 e. The number of hydrogen-bond acceptors (Lipinski definition) is 5. The molecule has 0 amide bonds. The van der Waals surface area contributed by atoms with Crippen molar-refractivity contribution in [1.82, 2.24) is 0 Å². The molecular formula is C23H35NO4S. The van der Waals surface area contributed by atoms with E-state index >= 15 is 0 Å². The molecule has 1 aliphatic heterocycles. The largest absolute Gasteiger partial charge is 0.496 e. The van der Waals surface area contributed by atoms with Crippen LogP contribution in [-0.2, 0) is 15.3 Å². The first kappa shape index (κ1) is 20.8. The van der Waals surface area contributed by atoms with Crippen LogP contribution in [0.25, 0.3) is 0 Å². The van der Waals surface area contributed by atoms with Gasteiger partial charge in [-0.25, -0.2) is 8.42 Å². The Hall–Kier alpha value is -1.43. The minimum Gasteiger partial charge on any atom is -0.496 e. The van der Waals surface area contributed by atoms with Gasteiger partial charge in [0.15, 0.2) is 9.84 Å². The van der Waals surface area contributed by atoms with Gasteiger partial charge in [-0.2, -0.15) is 0 Å². The highest BCUT2D eigenvalue weighted by atomic mass is 32.2. The summed E-state index contributed by atoms with van der Waals surface area (Å²) in [6.07, 6.45) is 5.51. The van der Waals surface area contributed by atoms with Crippen LogP contribution in [0.2, 0.25) is 0 Å². The summed E-state index contributed by atoms with van der Waals surface area (Å²) in [5.41, 5.74) is 7.28. The molecule has 5 nitrogen and oxygen atoms in total. The predicted octanol–water partition coefficient (Wildman–Crippen LogP) is 4.57. The van der Waals surface area contributed by atoms with Crippen LogP contribution in [0.5, 0.6) is 11.5 Å². The van der Waals surface area contributed by atoms with E-state index in [1.165, 1.54) is 13.5 Å². The number of ether oxygens (including phenoxy) is 2. The maximum atomic E-state index is 13.6. The average molecular weight is 422 g/mol. The van der Waals surface area contributed by atoms with Crippen molar-refractivity contribution in [3.05, 3.63) is 11.6 Å². The lowest BCUT2D eigenvalue weighted by Gasteiger charge is -2.63. The summed E-state index contributed by atoms with van der Waals surface area (Å²) in [5.74, 6) is 1.68. The fourth-order valence-corrected chi connectivity index (χ4v) is 9.88. The number of hydrogen-bond donors (Lipinski definition) is 1. The lowest BCUT2D eigenvalue weighted by atomic mass is 9.43. The van der Waals surface area contributed by atoms with Gasteiger partial charge in [-0.1, -0.05) is 34.1 Å². The molecule has 2 N–H and O–H groups in total. The van der Waals surface area contributed by atoms with Crippen molar-refractivity contribution in [1.29, 1.82) is 0 Å². The van der Waals surface area contributed by atoms with E-state index in [4.69, 9.17) is 15.2 Å². The zero-order valence-electron chi connectivity index (χ0n) is 18.6. The zero-order chi connectivity index (χ0) is 21.4. The molecule has 0 aromatic heterocycles. The molecule has 2 aliphatic carbocycles. The van der Waals surface area contributed by atoms with Crippen LogP contribution < -0.4 is 15.2 Å². The Balaban J connectivity index is 2.00. The third-order valence-electron chi connectivity index (χ3n) is 8.75. The third kappa shape index (κ3) is 2.67. The number of benzene rings is 1. The van der Waals surface area contributed by atoms with E-state index in [0.717, 1.165) is 31.2 Å². The molecule has 0 bridgehead atoms. The van der Waals surface area contributed by atoms with Gasteiger partial charge in [0.2, 0.25) is 0 Å². The number of rotatable bonds is 2. The maximum absolute atomic E-state index is 13.6. The van der Waals surface area contributed by atoms with Crippen molar-refractivity contribution >= 4 is 15.5 Å². The van der Waals surface area contributed by atoms with E-state index in [2.05, 4.69) is 27.7 Å². The Bertz CT molecular complexity index is 954. The summed E-state index contributed by atoms with van der Waals surface area (Å²) in [6.45, 7) is 9.32. The van der Waals surface area contributed by atoms with Gasteiger partial charge in [0.25, 0.3) is 0 Å². The first-order valence-electron chi connectivity index (χ1n) is 10.7. The molecule has 0 saturated heterocycles. The van der Waals surface area contributed by atoms with E-state index < -0.39 is 9.84 Å². The second-order valence-electron chi connectivity index (χ2n) is 10.6. The van der Waals surface area contributed by atoms with E-state index in [1.807, 2.05) is 0 Å². The van der Waals surface area contributed by atoms with Gasteiger partial charge in [-0.05, 0) is 48.3 Å². The molecule has 4 unspecified atom stereocenters. The summed E-state index contributed by atoms with van der Waals surface area (Å²) in [4.78, 5) is 0.240. The van der Waals surface area contributed by atoms with Gasteiger partial charge >= 0.3 is 0 Å². The van der Waals surface area contributed by atoms with Gasteiger partial charge in [-0.15, -0.1) is 0 Å². The van der Waals surface area contributed by atoms with Crippen LogP contribution in [-0.4, -0.2) is 28.4 Å². The fourth-order valence-electron chi connectivity index (χ4n) is 7.45. The third-order valence-corrected chi connectivity index (χ3v) is 10.6. The van der Waals surface area contributed by atoms with Crippen LogP contribution in [0.3, 0.4) is 0 Å². The van der Waals surface area contributed by atoms with E-state index in [1.54, 1.807) is 13.2 Å². The van der Waals surface area contributed by atoms with Crippen LogP contribution in [0.1, 0.15) is 65.4 Å². The Morgan fingerprint density at radius 1 is 1.00 bits per heavy atom. The van der Waals surface area contributed by atoms with Crippen molar-refractivity contribution in [2.24, 2.45) is 22.7 Å². The summed E-state index contributed by atoms with van der Waals surface area (Å²) >= 11 is 0. The molecule has 0 spiro atoms. The van der Waals surface area contributed by atoms with Crippen molar-refractivity contribution in [3.63, 3.8) is 0 Å². The highest BCUT2D eigenvalue weighted by Gasteiger charge is 2.63. The van der Waals surface area contributed by atoms with E-state index in [-0.39, 0.29) is 38.5 Å². The minimum atomic E-state index is -3.56. The van der Waals surface area contributed by atoms with E-state index in [0.29, 0.717) is 17.4 Å². The highest BCUT2D eigenvalue weighted by Crippen LogP contribution is 2.68. The molecule has 1 aromatic carbocycles. The zero-order valence-corrected chi connectivity index (χ0v) is 19.4. The quantitative estimate of drug-likeness (QED) is 0.708. The minimum absolute atomic E-state index is 0.0147. The molecule has 4 rings (SSSR count).